The molecule has 0 spiro atoms. The minimum Gasteiger partial charge on any atom is -0.396 e. The molecular formula is C10H21NO. The van der Waals surface area contributed by atoms with Crippen LogP contribution in [-0.2, 0) is 0 Å². The van der Waals surface area contributed by atoms with Crippen molar-refractivity contribution in [2.75, 3.05) is 26.2 Å². The Kier molecular flexibility index (Phi) is 3.53. The van der Waals surface area contributed by atoms with E-state index < -0.39 is 0 Å². The summed E-state index contributed by atoms with van der Waals surface area (Å²) in [6.45, 7) is 8.72. The first-order valence-corrected chi connectivity index (χ1v) is 4.97. The Morgan fingerprint density at radius 1 is 1.17 bits per heavy atom. The van der Waals surface area contributed by atoms with Gasteiger partial charge >= 0.3 is 0 Å². The van der Waals surface area contributed by atoms with Crippen molar-refractivity contribution in [3.05, 3.63) is 0 Å². The molecule has 0 saturated carbocycles. The van der Waals surface area contributed by atoms with E-state index in [9.17, 15) is 0 Å². The number of hydrogen-bond acceptors (Lipinski definition) is 2. The third-order valence-electron chi connectivity index (χ3n) is 2.44. The summed E-state index contributed by atoms with van der Waals surface area (Å²) in [5.41, 5.74) is 0.566. The molecule has 0 bridgehead atoms. The van der Waals surface area contributed by atoms with Crippen molar-refractivity contribution < 1.29 is 5.11 Å². The fourth-order valence-corrected chi connectivity index (χ4v) is 1.95. The Morgan fingerprint density at radius 3 is 2.33 bits per heavy atom. The minimum atomic E-state index is 0.353. The molecule has 0 unspecified atom stereocenters. The van der Waals surface area contributed by atoms with Gasteiger partial charge in [-0.05, 0) is 31.2 Å². The Balaban J connectivity index is 1.90. The van der Waals surface area contributed by atoms with Crippen molar-refractivity contribution in [2.24, 2.45) is 5.41 Å². The van der Waals surface area contributed by atoms with E-state index >= 15 is 0 Å². The zero-order valence-corrected chi connectivity index (χ0v) is 8.34. The normalized spacial score (nSPS) is 22.2. The molecule has 1 heterocycles. The van der Waals surface area contributed by atoms with Crippen molar-refractivity contribution in [3.63, 3.8) is 0 Å². The summed E-state index contributed by atoms with van der Waals surface area (Å²) in [4.78, 5) is 2.50. The Morgan fingerprint density at radius 2 is 1.83 bits per heavy atom. The lowest BCUT2D eigenvalue weighted by molar-refractivity contribution is 0.0297. The maximum absolute atomic E-state index is 8.57. The molecule has 1 saturated heterocycles. The van der Waals surface area contributed by atoms with Crippen LogP contribution in [0.3, 0.4) is 0 Å². The number of nitrogens with zero attached hydrogens (tertiary/aromatic N) is 1. The highest BCUT2D eigenvalue weighted by atomic mass is 16.2. The molecule has 1 fully saturated rings. The molecule has 2 nitrogen and oxygen atoms in total. The van der Waals surface area contributed by atoms with E-state index in [1.54, 1.807) is 0 Å². The molecule has 0 aromatic heterocycles. The van der Waals surface area contributed by atoms with Crippen molar-refractivity contribution in [2.45, 2.75) is 33.1 Å². The van der Waals surface area contributed by atoms with E-state index in [1.165, 1.54) is 32.5 Å². The van der Waals surface area contributed by atoms with Crippen molar-refractivity contribution in [3.8, 4) is 0 Å². The molecule has 1 N–H and O–H groups in total. The molecule has 2 heteroatoms. The largest absolute Gasteiger partial charge is 0.396 e. The first-order valence-electron chi connectivity index (χ1n) is 4.97. The number of likely N-dealkylation sites (tertiary alicyclic amines) is 1. The van der Waals surface area contributed by atoms with Gasteiger partial charge < -0.3 is 10.0 Å². The third-order valence-corrected chi connectivity index (χ3v) is 2.44. The summed E-state index contributed by atoms with van der Waals surface area (Å²) >= 11 is 0. The Bertz CT molecular complexity index is 126. The monoisotopic (exact) mass is 171 g/mol. The van der Waals surface area contributed by atoms with Crippen LogP contribution >= 0.6 is 0 Å². The van der Waals surface area contributed by atoms with Crippen LogP contribution in [0.4, 0.5) is 0 Å². The average molecular weight is 171 g/mol. The van der Waals surface area contributed by atoms with Gasteiger partial charge in [0.05, 0.1) is 0 Å². The van der Waals surface area contributed by atoms with Gasteiger partial charge in [-0.3, -0.25) is 0 Å². The topological polar surface area (TPSA) is 23.5 Å². The second-order valence-corrected chi connectivity index (χ2v) is 4.66. The number of hydrogen-bond donors (Lipinski definition) is 1. The summed E-state index contributed by atoms with van der Waals surface area (Å²) in [7, 11) is 0. The highest BCUT2D eigenvalue weighted by molar-refractivity contribution is 4.86. The molecule has 12 heavy (non-hydrogen) atoms. The van der Waals surface area contributed by atoms with Crippen LogP contribution in [0.5, 0.6) is 0 Å². The fourth-order valence-electron chi connectivity index (χ4n) is 1.95. The highest BCUT2D eigenvalue weighted by Gasteiger charge is 2.32. The lowest BCUT2D eigenvalue weighted by Gasteiger charge is -2.46. The summed E-state index contributed by atoms with van der Waals surface area (Å²) in [6.07, 6.45) is 3.39. The number of aliphatic hydroxyl groups excluding tert-OH is 1. The van der Waals surface area contributed by atoms with E-state index in [2.05, 4.69) is 18.7 Å². The van der Waals surface area contributed by atoms with Gasteiger partial charge in [0, 0.05) is 19.7 Å². The van der Waals surface area contributed by atoms with Crippen LogP contribution in [0.2, 0.25) is 0 Å². The van der Waals surface area contributed by atoms with Crippen LogP contribution < -0.4 is 0 Å². The Labute approximate surface area is 75.6 Å². The first-order chi connectivity index (χ1) is 5.64. The fraction of sp³-hybridized carbons (Fsp3) is 1.00. The molecule has 1 aliphatic heterocycles. The average Bonchev–Trinajstić information content (AvgIpc) is 1.94. The highest BCUT2D eigenvalue weighted by Crippen LogP contribution is 2.28. The predicted molar refractivity (Wildman–Crippen MR) is 51.2 cm³/mol. The maximum Gasteiger partial charge on any atom is 0.0431 e. The molecule has 0 amide bonds. The first kappa shape index (κ1) is 10.0. The Hall–Kier alpha value is -0.0800. The SMILES string of the molecule is CC1(C)CN(CCCCCO)C1. The van der Waals surface area contributed by atoms with E-state index in [1.807, 2.05) is 0 Å². The van der Waals surface area contributed by atoms with Gasteiger partial charge in [-0.2, -0.15) is 0 Å². The van der Waals surface area contributed by atoms with E-state index in [0.717, 1.165) is 6.42 Å². The maximum atomic E-state index is 8.57. The van der Waals surface area contributed by atoms with E-state index in [-0.39, 0.29) is 0 Å². The molecule has 0 radical (unpaired) electrons. The smallest absolute Gasteiger partial charge is 0.0431 e. The summed E-state index contributed by atoms with van der Waals surface area (Å²) in [6, 6.07) is 0. The summed E-state index contributed by atoms with van der Waals surface area (Å²) in [5.74, 6) is 0. The molecule has 1 rings (SSSR count). The zero-order valence-electron chi connectivity index (χ0n) is 8.34. The van der Waals surface area contributed by atoms with Gasteiger partial charge in [0.15, 0.2) is 0 Å². The summed E-state index contributed by atoms with van der Waals surface area (Å²) in [5, 5.41) is 8.57. The third kappa shape index (κ3) is 3.11. The molecule has 0 aromatic carbocycles. The molecular weight excluding hydrogens is 150 g/mol. The van der Waals surface area contributed by atoms with E-state index in [0.29, 0.717) is 12.0 Å². The molecule has 72 valence electrons. The summed E-state index contributed by atoms with van der Waals surface area (Å²) < 4.78 is 0. The molecule has 0 aromatic rings. The van der Waals surface area contributed by atoms with Gasteiger partial charge in [-0.1, -0.05) is 13.8 Å². The number of rotatable bonds is 5. The predicted octanol–water partition coefficient (Wildman–Crippen LogP) is 1.49. The second-order valence-electron chi connectivity index (χ2n) is 4.66. The van der Waals surface area contributed by atoms with Crippen molar-refractivity contribution in [1.29, 1.82) is 0 Å². The zero-order chi connectivity index (χ0) is 9.03. The van der Waals surface area contributed by atoms with Crippen LogP contribution in [0.25, 0.3) is 0 Å². The lowest BCUT2D eigenvalue weighted by Crippen LogP contribution is -2.52. The van der Waals surface area contributed by atoms with Crippen LogP contribution in [-0.4, -0.2) is 36.2 Å². The molecule has 0 atom stereocenters. The standard InChI is InChI=1S/C10H21NO/c1-10(2)8-11(9-10)6-4-3-5-7-12/h12H,3-9H2,1-2H3. The van der Waals surface area contributed by atoms with Gasteiger partial charge in [0.25, 0.3) is 0 Å². The van der Waals surface area contributed by atoms with E-state index in [4.69, 9.17) is 5.11 Å². The van der Waals surface area contributed by atoms with Crippen LogP contribution in [0, 0.1) is 5.41 Å². The molecule has 0 aliphatic carbocycles. The van der Waals surface area contributed by atoms with Gasteiger partial charge in [0.1, 0.15) is 0 Å². The van der Waals surface area contributed by atoms with Crippen molar-refractivity contribution >= 4 is 0 Å². The second kappa shape index (κ2) is 4.24. The van der Waals surface area contributed by atoms with Crippen LogP contribution in [0.15, 0.2) is 0 Å². The number of unbranched alkanes of at least 4 members (excludes halogenated alkanes) is 2. The quantitative estimate of drug-likeness (QED) is 0.633. The van der Waals surface area contributed by atoms with Crippen LogP contribution in [0.1, 0.15) is 33.1 Å². The van der Waals surface area contributed by atoms with Gasteiger partial charge in [-0.25, -0.2) is 0 Å². The lowest BCUT2D eigenvalue weighted by atomic mass is 9.84. The molecule has 1 aliphatic rings. The van der Waals surface area contributed by atoms with Crippen molar-refractivity contribution in [1.82, 2.24) is 4.90 Å². The minimum absolute atomic E-state index is 0.353. The van der Waals surface area contributed by atoms with Gasteiger partial charge in [-0.15, -0.1) is 0 Å². The van der Waals surface area contributed by atoms with Gasteiger partial charge in [0.2, 0.25) is 0 Å². The number of aliphatic hydroxyl groups is 1.